The number of benzene rings is 2. The summed E-state index contributed by atoms with van der Waals surface area (Å²) in [7, 11) is 0. The van der Waals surface area contributed by atoms with E-state index in [0.717, 1.165) is 13.0 Å². The Morgan fingerprint density at radius 2 is 1.62 bits per heavy atom. The fourth-order valence-electron chi connectivity index (χ4n) is 2.85. The van der Waals surface area contributed by atoms with E-state index in [2.05, 4.69) is 81.5 Å². The maximum absolute atomic E-state index is 3.62. The van der Waals surface area contributed by atoms with E-state index < -0.39 is 0 Å². The molecule has 0 heterocycles. The van der Waals surface area contributed by atoms with Gasteiger partial charge >= 0.3 is 0 Å². The molecule has 0 amide bonds. The van der Waals surface area contributed by atoms with Crippen molar-refractivity contribution in [2.75, 3.05) is 6.54 Å². The average Bonchev–Trinajstić information content (AvgIpc) is 2.44. The van der Waals surface area contributed by atoms with Crippen LogP contribution >= 0.6 is 0 Å². The molecule has 0 aliphatic heterocycles. The molecule has 0 saturated heterocycles. The fraction of sp³-hybridized carbons (Fsp3) is 0.400. The third-order valence-electron chi connectivity index (χ3n) is 3.71. The van der Waals surface area contributed by atoms with Crippen molar-refractivity contribution in [1.82, 2.24) is 5.32 Å². The normalized spacial score (nSPS) is 12.6. The van der Waals surface area contributed by atoms with E-state index in [1.54, 1.807) is 0 Å². The van der Waals surface area contributed by atoms with E-state index in [9.17, 15) is 0 Å². The summed E-state index contributed by atoms with van der Waals surface area (Å²) >= 11 is 0. The highest BCUT2D eigenvalue weighted by Crippen LogP contribution is 2.24. The number of aryl methyl sites for hydroxylation is 1. The monoisotopic (exact) mass is 281 g/mol. The summed E-state index contributed by atoms with van der Waals surface area (Å²) in [5.74, 6) is 0.691. The van der Waals surface area contributed by atoms with Crippen LogP contribution in [0.25, 0.3) is 0 Å². The Morgan fingerprint density at radius 3 is 2.24 bits per heavy atom. The second-order valence-corrected chi connectivity index (χ2v) is 6.25. The molecule has 0 aromatic heterocycles. The highest BCUT2D eigenvalue weighted by molar-refractivity contribution is 5.36. The van der Waals surface area contributed by atoms with Gasteiger partial charge in [0, 0.05) is 0 Å². The molecule has 0 saturated carbocycles. The fourth-order valence-corrected chi connectivity index (χ4v) is 2.85. The number of rotatable bonds is 6. The van der Waals surface area contributed by atoms with Crippen LogP contribution in [-0.2, 0) is 6.42 Å². The van der Waals surface area contributed by atoms with Gasteiger partial charge in [0.15, 0.2) is 0 Å². The first-order chi connectivity index (χ1) is 10.1. The van der Waals surface area contributed by atoms with Gasteiger partial charge in [-0.15, -0.1) is 0 Å². The topological polar surface area (TPSA) is 12.0 Å². The lowest BCUT2D eigenvalue weighted by molar-refractivity contribution is 0.623. The van der Waals surface area contributed by atoms with Crippen molar-refractivity contribution in [3.63, 3.8) is 0 Å². The van der Waals surface area contributed by atoms with Gasteiger partial charge in [-0.3, -0.25) is 0 Å². The van der Waals surface area contributed by atoms with Crippen LogP contribution in [0.5, 0.6) is 0 Å². The standard InChI is InChI=1S/C20H27N/c1-5-21-20(18-10-6-8-16(4)13-18)19-11-7-9-17(14-19)12-15(2)3/h6-11,13-15,20-21H,5,12H2,1-4H3. The lowest BCUT2D eigenvalue weighted by atomic mass is 9.94. The van der Waals surface area contributed by atoms with Gasteiger partial charge in [0.05, 0.1) is 6.04 Å². The maximum atomic E-state index is 3.62. The summed E-state index contributed by atoms with van der Waals surface area (Å²) in [4.78, 5) is 0. The Labute approximate surface area is 129 Å². The van der Waals surface area contributed by atoms with Crippen molar-refractivity contribution in [2.24, 2.45) is 5.92 Å². The molecule has 0 radical (unpaired) electrons. The largest absolute Gasteiger partial charge is 0.307 e. The van der Waals surface area contributed by atoms with Crippen LogP contribution in [0.1, 0.15) is 49.1 Å². The second-order valence-electron chi connectivity index (χ2n) is 6.25. The molecular formula is C20H27N. The van der Waals surface area contributed by atoms with Gasteiger partial charge in [0.2, 0.25) is 0 Å². The molecule has 112 valence electrons. The van der Waals surface area contributed by atoms with Crippen LogP contribution in [0, 0.1) is 12.8 Å². The van der Waals surface area contributed by atoms with Crippen LogP contribution in [0.4, 0.5) is 0 Å². The minimum atomic E-state index is 0.280. The van der Waals surface area contributed by atoms with Crippen LogP contribution in [0.15, 0.2) is 48.5 Å². The van der Waals surface area contributed by atoms with Crippen LogP contribution in [-0.4, -0.2) is 6.54 Å². The summed E-state index contributed by atoms with van der Waals surface area (Å²) in [6.45, 7) is 9.83. The molecule has 2 aromatic carbocycles. The van der Waals surface area contributed by atoms with E-state index in [-0.39, 0.29) is 6.04 Å². The van der Waals surface area contributed by atoms with Gasteiger partial charge in [-0.2, -0.15) is 0 Å². The third-order valence-corrected chi connectivity index (χ3v) is 3.71. The van der Waals surface area contributed by atoms with Gasteiger partial charge < -0.3 is 5.32 Å². The minimum Gasteiger partial charge on any atom is -0.307 e. The molecule has 1 atom stereocenters. The lowest BCUT2D eigenvalue weighted by Crippen LogP contribution is -2.22. The maximum Gasteiger partial charge on any atom is 0.0576 e. The minimum absolute atomic E-state index is 0.280. The molecule has 0 aliphatic carbocycles. The van der Waals surface area contributed by atoms with Crippen molar-refractivity contribution >= 4 is 0 Å². The van der Waals surface area contributed by atoms with E-state index in [4.69, 9.17) is 0 Å². The zero-order chi connectivity index (χ0) is 15.2. The van der Waals surface area contributed by atoms with Crippen molar-refractivity contribution in [3.05, 3.63) is 70.8 Å². The summed E-state index contributed by atoms with van der Waals surface area (Å²) in [6.07, 6.45) is 1.14. The Balaban J connectivity index is 2.34. The van der Waals surface area contributed by atoms with Gasteiger partial charge in [-0.05, 0) is 42.5 Å². The quantitative estimate of drug-likeness (QED) is 0.794. The van der Waals surface area contributed by atoms with Crippen molar-refractivity contribution in [1.29, 1.82) is 0 Å². The molecule has 2 aromatic rings. The Hall–Kier alpha value is -1.60. The molecule has 1 unspecified atom stereocenters. The first kappa shape index (κ1) is 15.8. The van der Waals surface area contributed by atoms with Gasteiger partial charge in [0.1, 0.15) is 0 Å². The molecule has 0 spiro atoms. The van der Waals surface area contributed by atoms with Gasteiger partial charge in [0.25, 0.3) is 0 Å². The molecule has 0 aliphatic rings. The first-order valence-electron chi connectivity index (χ1n) is 7.99. The molecule has 2 rings (SSSR count). The average molecular weight is 281 g/mol. The summed E-state index contributed by atoms with van der Waals surface area (Å²) in [5.41, 5.74) is 5.45. The Kier molecular flexibility index (Phi) is 5.58. The summed E-state index contributed by atoms with van der Waals surface area (Å²) in [6, 6.07) is 18.1. The van der Waals surface area contributed by atoms with Crippen molar-refractivity contribution in [2.45, 2.75) is 40.2 Å². The van der Waals surface area contributed by atoms with Gasteiger partial charge in [-0.25, -0.2) is 0 Å². The highest BCUT2D eigenvalue weighted by atomic mass is 14.9. The van der Waals surface area contributed by atoms with Crippen LogP contribution < -0.4 is 5.32 Å². The molecule has 0 bridgehead atoms. The van der Waals surface area contributed by atoms with Crippen molar-refractivity contribution in [3.8, 4) is 0 Å². The van der Waals surface area contributed by atoms with E-state index >= 15 is 0 Å². The smallest absolute Gasteiger partial charge is 0.0576 e. The lowest BCUT2D eigenvalue weighted by Gasteiger charge is -2.20. The van der Waals surface area contributed by atoms with E-state index in [1.807, 2.05) is 0 Å². The Morgan fingerprint density at radius 1 is 0.952 bits per heavy atom. The number of hydrogen-bond donors (Lipinski definition) is 1. The second kappa shape index (κ2) is 7.42. The predicted molar refractivity (Wildman–Crippen MR) is 91.7 cm³/mol. The van der Waals surface area contributed by atoms with E-state index in [1.165, 1.54) is 22.3 Å². The molecule has 21 heavy (non-hydrogen) atoms. The molecule has 0 fully saturated rings. The van der Waals surface area contributed by atoms with Crippen LogP contribution in [0.2, 0.25) is 0 Å². The SMILES string of the molecule is CCNC(c1cccc(C)c1)c1cccc(CC(C)C)c1. The van der Waals surface area contributed by atoms with Crippen molar-refractivity contribution < 1.29 is 0 Å². The number of hydrogen-bond acceptors (Lipinski definition) is 1. The number of nitrogens with one attached hydrogen (secondary N) is 1. The van der Waals surface area contributed by atoms with Gasteiger partial charge in [-0.1, -0.05) is 74.9 Å². The summed E-state index contributed by atoms with van der Waals surface area (Å²) in [5, 5.41) is 3.62. The Bertz CT molecular complexity index is 572. The first-order valence-corrected chi connectivity index (χ1v) is 7.99. The molecule has 1 heteroatoms. The zero-order valence-corrected chi connectivity index (χ0v) is 13.7. The molecular weight excluding hydrogens is 254 g/mol. The zero-order valence-electron chi connectivity index (χ0n) is 13.7. The third kappa shape index (κ3) is 4.44. The highest BCUT2D eigenvalue weighted by Gasteiger charge is 2.13. The van der Waals surface area contributed by atoms with Crippen LogP contribution in [0.3, 0.4) is 0 Å². The summed E-state index contributed by atoms with van der Waals surface area (Å²) < 4.78 is 0. The van der Waals surface area contributed by atoms with E-state index in [0.29, 0.717) is 5.92 Å². The molecule has 1 nitrogen and oxygen atoms in total. The molecule has 1 N–H and O–H groups in total. The predicted octanol–water partition coefficient (Wildman–Crippen LogP) is 4.89.